The lowest BCUT2D eigenvalue weighted by Gasteiger charge is -2.04. The smallest absolute Gasteiger partial charge is 0.147 e. The van der Waals surface area contributed by atoms with Gasteiger partial charge in [-0.3, -0.25) is 0 Å². The molecule has 0 aromatic heterocycles. The molecule has 0 unspecified atom stereocenters. The van der Waals surface area contributed by atoms with E-state index in [0.29, 0.717) is 6.42 Å². The molecule has 0 saturated carbocycles. The van der Waals surface area contributed by atoms with Crippen LogP contribution < -0.4 is 5.32 Å². The van der Waals surface area contributed by atoms with Crippen LogP contribution in [0.3, 0.4) is 0 Å². The fourth-order valence-corrected chi connectivity index (χ4v) is 2.32. The summed E-state index contributed by atoms with van der Waals surface area (Å²) in [4.78, 5) is 0. The molecule has 0 heterocycles. The highest BCUT2D eigenvalue weighted by Crippen LogP contribution is 2.06. The maximum absolute atomic E-state index is 10.9. The molecule has 0 saturated heterocycles. The molecule has 0 bridgehead atoms. The van der Waals surface area contributed by atoms with Crippen molar-refractivity contribution in [3.8, 4) is 0 Å². The lowest BCUT2D eigenvalue weighted by Crippen LogP contribution is -2.17. The van der Waals surface area contributed by atoms with Gasteiger partial charge in [0.15, 0.2) is 0 Å². The third-order valence-corrected chi connectivity index (χ3v) is 3.86. The largest absolute Gasteiger partial charge is 0.313 e. The Hall–Kier alpha value is -0.140. The molecule has 1 rings (SSSR count). The average Bonchev–Trinajstić information content (AvgIpc) is 2.19. The van der Waals surface area contributed by atoms with E-state index in [9.17, 15) is 8.42 Å². The molecule has 0 atom stereocenters. The number of sulfone groups is 1. The second-order valence-corrected chi connectivity index (χ2v) is 7.29. The zero-order chi connectivity index (χ0) is 12.0. The first-order valence-electron chi connectivity index (χ1n) is 5.10. The van der Waals surface area contributed by atoms with Gasteiger partial charge in [-0.05, 0) is 53.3 Å². The van der Waals surface area contributed by atoms with Gasteiger partial charge in [0.05, 0.1) is 5.75 Å². The first kappa shape index (κ1) is 13.9. The minimum absolute atomic E-state index is 0.257. The van der Waals surface area contributed by atoms with Crippen LogP contribution in [0.4, 0.5) is 0 Å². The number of hydrogen-bond donors (Lipinski definition) is 1. The van der Waals surface area contributed by atoms with Crippen LogP contribution in [0.5, 0.6) is 0 Å². The molecular weight excluding hydrogens is 337 g/mol. The lowest BCUT2D eigenvalue weighted by molar-refractivity contribution is 0.594. The van der Waals surface area contributed by atoms with Gasteiger partial charge in [-0.15, -0.1) is 0 Å². The maximum Gasteiger partial charge on any atom is 0.147 e. The highest BCUT2D eigenvalue weighted by molar-refractivity contribution is 14.1. The van der Waals surface area contributed by atoms with Crippen LogP contribution in [0.1, 0.15) is 12.0 Å². The predicted octanol–water partition coefficient (Wildman–Crippen LogP) is 1.82. The molecule has 0 spiro atoms. The quantitative estimate of drug-likeness (QED) is 0.627. The van der Waals surface area contributed by atoms with Crippen molar-refractivity contribution in [3.63, 3.8) is 0 Å². The van der Waals surface area contributed by atoms with Gasteiger partial charge in [-0.25, -0.2) is 8.42 Å². The number of benzene rings is 1. The zero-order valence-electron chi connectivity index (χ0n) is 9.24. The van der Waals surface area contributed by atoms with Crippen LogP contribution in [0.2, 0.25) is 0 Å². The molecule has 1 aromatic carbocycles. The van der Waals surface area contributed by atoms with Gasteiger partial charge in [-0.2, -0.15) is 0 Å². The maximum atomic E-state index is 10.9. The summed E-state index contributed by atoms with van der Waals surface area (Å²) >= 11 is 2.27. The first-order chi connectivity index (χ1) is 7.47. The van der Waals surface area contributed by atoms with E-state index in [0.717, 1.165) is 13.1 Å². The Labute approximate surface area is 111 Å². The van der Waals surface area contributed by atoms with E-state index in [1.807, 2.05) is 0 Å². The molecule has 0 aliphatic carbocycles. The Kier molecular flexibility index (Phi) is 5.71. The van der Waals surface area contributed by atoms with E-state index in [1.165, 1.54) is 15.4 Å². The van der Waals surface area contributed by atoms with Crippen molar-refractivity contribution in [2.75, 3.05) is 18.6 Å². The van der Waals surface area contributed by atoms with Crippen molar-refractivity contribution in [1.29, 1.82) is 0 Å². The summed E-state index contributed by atoms with van der Waals surface area (Å²) < 4.78 is 23.0. The van der Waals surface area contributed by atoms with Crippen molar-refractivity contribution in [2.45, 2.75) is 13.0 Å². The highest BCUT2D eigenvalue weighted by atomic mass is 127. The van der Waals surface area contributed by atoms with Crippen LogP contribution in [0.15, 0.2) is 24.3 Å². The minimum atomic E-state index is -2.82. The molecule has 0 amide bonds. The van der Waals surface area contributed by atoms with E-state index >= 15 is 0 Å². The van der Waals surface area contributed by atoms with Gasteiger partial charge in [0.2, 0.25) is 0 Å². The van der Waals surface area contributed by atoms with Crippen molar-refractivity contribution in [2.24, 2.45) is 0 Å². The average molecular weight is 353 g/mol. The summed E-state index contributed by atoms with van der Waals surface area (Å²) in [7, 11) is -2.82. The number of halogens is 1. The van der Waals surface area contributed by atoms with E-state index in [4.69, 9.17) is 0 Å². The van der Waals surface area contributed by atoms with Crippen LogP contribution in [0, 0.1) is 3.57 Å². The topological polar surface area (TPSA) is 46.2 Å². The lowest BCUT2D eigenvalue weighted by atomic mass is 10.2. The molecule has 1 N–H and O–H groups in total. The standard InChI is InChI=1S/C11H16INO2S/c1-16(14,15)8-2-7-13-9-10-3-5-11(12)6-4-10/h3-6,13H,2,7-9H2,1H3. The minimum Gasteiger partial charge on any atom is -0.313 e. The Morgan fingerprint density at radius 3 is 2.44 bits per heavy atom. The molecule has 5 heteroatoms. The molecule has 0 fully saturated rings. The summed E-state index contributed by atoms with van der Waals surface area (Å²) in [5, 5.41) is 3.23. The molecule has 0 aliphatic rings. The Morgan fingerprint density at radius 1 is 1.25 bits per heavy atom. The van der Waals surface area contributed by atoms with Gasteiger partial charge in [0.25, 0.3) is 0 Å². The molecular formula is C11H16INO2S. The van der Waals surface area contributed by atoms with E-state index in [1.54, 1.807) is 0 Å². The number of hydrogen-bond acceptors (Lipinski definition) is 3. The van der Waals surface area contributed by atoms with Crippen LogP contribution in [0.25, 0.3) is 0 Å². The van der Waals surface area contributed by atoms with Gasteiger partial charge in [0.1, 0.15) is 9.84 Å². The second-order valence-electron chi connectivity index (χ2n) is 3.79. The fourth-order valence-electron chi connectivity index (χ4n) is 1.29. The second kappa shape index (κ2) is 6.56. The Morgan fingerprint density at radius 2 is 1.88 bits per heavy atom. The van der Waals surface area contributed by atoms with E-state index in [2.05, 4.69) is 52.2 Å². The van der Waals surface area contributed by atoms with Gasteiger partial charge < -0.3 is 5.32 Å². The van der Waals surface area contributed by atoms with Crippen LogP contribution in [-0.4, -0.2) is 27.0 Å². The third kappa shape index (κ3) is 6.44. The van der Waals surface area contributed by atoms with Gasteiger partial charge in [0, 0.05) is 16.4 Å². The SMILES string of the molecule is CS(=O)(=O)CCCNCc1ccc(I)cc1. The molecule has 0 aliphatic heterocycles. The van der Waals surface area contributed by atoms with Crippen molar-refractivity contribution in [3.05, 3.63) is 33.4 Å². The summed E-state index contributed by atoms with van der Waals surface area (Å²) in [6.45, 7) is 1.53. The van der Waals surface area contributed by atoms with Gasteiger partial charge in [-0.1, -0.05) is 12.1 Å². The first-order valence-corrected chi connectivity index (χ1v) is 8.24. The summed E-state index contributed by atoms with van der Waals surface area (Å²) in [6, 6.07) is 8.28. The Balaban J connectivity index is 2.19. The van der Waals surface area contributed by atoms with Crippen molar-refractivity contribution < 1.29 is 8.42 Å². The molecule has 0 radical (unpaired) electrons. The molecule has 16 heavy (non-hydrogen) atoms. The van der Waals surface area contributed by atoms with Crippen molar-refractivity contribution in [1.82, 2.24) is 5.32 Å². The highest BCUT2D eigenvalue weighted by Gasteiger charge is 2.00. The van der Waals surface area contributed by atoms with Gasteiger partial charge >= 0.3 is 0 Å². The van der Waals surface area contributed by atoms with Crippen LogP contribution in [-0.2, 0) is 16.4 Å². The van der Waals surface area contributed by atoms with E-state index in [-0.39, 0.29) is 5.75 Å². The molecule has 1 aromatic rings. The zero-order valence-corrected chi connectivity index (χ0v) is 12.2. The van der Waals surface area contributed by atoms with E-state index < -0.39 is 9.84 Å². The summed E-state index contributed by atoms with van der Waals surface area (Å²) in [5.41, 5.74) is 1.22. The fraction of sp³-hybridized carbons (Fsp3) is 0.455. The normalized spacial score (nSPS) is 11.6. The molecule has 3 nitrogen and oxygen atoms in total. The monoisotopic (exact) mass is 353 g/mol. The third-order valence-electron chi connectivity index (χ3n) is 2.11. The van der Waals surface area contributed by atoms with Crippen LogP contribution >= 0.6 is 22.6 Å². The predicted molar refractivity (Wildman–Crippen MR) is 75.2 cm³/mol. The number of nitrogens with one attached hydrogen (secondary N) is 1. The molecule has 90 valence electrons. The number of rotatable bonds is 6. The summed E-state index contributed by atoms with van der Waals surface area (Å²) in [6.07, 6.45) is 1.94. The van der Waals surface area contributed by atoms with Crippen molar-refractivity contribution >= 4 is 32.4 Å². The Bertz CT molecular complexity index is 414. The summed E-state index contributed by atoms with van der Waals surface area (Å²) in [5.74, 6) is 0.257.